The molecule has 1 amide bonds. The summed E-state index contributed by atoms with van der Waals surface area (Å²) in [6.07, 6.45) is 3.24. The largest absolute Gasteiger partial charge is 0.360 e. The normalized spacial score (nSPS) is 14.6. The Balaban J connectivity index is 1.30. The van der Waals surface area contributed by atoms with Crippen LogP contribution in [0.15, 0.2) is 79.1 Å². The summed E-state index contributed by atoms with van der Waals surface area (Å²) in [6, 6.07) is 22.2. The van der Waals surface area contributed by atoms with E-state index < -0.39 is 0 Å². The van der Waals surface area contributed by atoms with E-state index in [1.807, 2.05) is 12.1 Å². The van der Waals surface area contributed by atoms with E-state index in [2.05, 4.69) is 57.7 Å². The van der Waals surface area contributed by atoms with Crippen LogP contribution in [0.3, 0.4) is 0 Å². The van der Waals surface area contributed by atoms with Gasteiger partial charge in [0, 0.05) is 34.9 Å². The van der Waals surface area contributed by atoms with Crippen LogP contribution >= 0.6 is 0 Å². The molecular weight excluding hydrogens is 348 g/mol. The van der Waals surface area contributed by atoms with E-state index in [9.17, 15) is 4.79 Å². The number of hydrogen-bond donors (Lipinski definition) is 2. The molecule has 1 aliphatic rings. The molecule has 1 aliphatic heterocycles. The third-order valence-corrected chi connectivity index (χ3v) is 5.20. The third-order valence-electron chi connectivity index (χ3n) is 5.20. The van der Waals surface area contributed by atoms with Crippen LogP contribution in [-0.4, -0.2) is 37.1 Å². The number of nitrogens with zero attached hydrogens (tertiary/aromatic N) is 2. The summed E-state index contributed by atoms with van der Waals surface area (Å²) in [5.41, 5.74) is 4.02. The molecule has 0 bridgehead atoms. The van der Waals surface area contributed by atoms with Crippen LogP contribution in [0.4, 0.5) is 11.4 Å². The molecule has 5 heteroatoms. The molecule has 0 radical (unpaired) electrons. The van der Waals surface area contributed by atoms with Crippen LogP contribution in [0.1, 0.15) is 15.9 Å². The fourth-order valence-electron chi connectivity index (χ4n) is 3.60. The fraction of sp³-hybridized carbons (Fsp3) is 0.217. The lowest BCUT2D eigenvalue weighted by molar-refractivity contribution is -0.914. The number of nitrogens with one attached hydrogen (secondary N) is 2. The number of quaternary nitrogens is 1. The maximum absolute atomic E-state index is 12.2. The first-order chi connectivity index (χ1) is 13.8. The van der Waals surface area contributed by atoms with Gasteiger partial charge in [0.15, 0.2) is 0 Å². The predicted molar refractivity (Wildman–Crippen MR) is 112 cm³/mol. The van der Waals surface area contributed by atoms with Gasteiger partial charge in [0.1, 0.15) is 6.54 Å². The van der Waals surface area contributed by atoms with E-state index in [4.69, 9.17) is 0 Å². The molecule has 0 unspecified atom stereocenters. The van der Waals surface area contributed by atoms with Gasteiger partial charge in [0.2, 0.25) is 0 Å². The van der Waals surface area contributed by atoms with Crippen LogP contribution in [0.2, 0.25) is 0 Å². The van der Waals surface area contributed by atoms with E-state index in [1.54, 1.807) is 29.4 Å². The van der Waals surface area contributed by atoms with Gasteiger partial charge in [-0.3, -0.25) is 9.78 Å². The molecule has 0 spiro atoms. The molecule has 1 saturated heterocycles. The van der Waals surface area contributed by atoms with Gasteiger partial charge in [-0.25, -0.2) is 0 Å². The second-order valence-electron chi connectivity index (χ2n) is 7.14. The van der Waals surface area contributed by atoms with Gasteiger partial charge < -0.3 is 15.1 Å². The van der Waals surface area contributed by atoms with E-state index in [0.29, 0.717) is 5.56 Å². The van der Waals surface area contributed by atoms with Gasteiger partial charge in [-0.1, -0.05) is 30.3 Å². The highest BCUT2D eigenvalue weighted by molar-refractivity contribution is 6.04. The lowest BCUT2D eigenvalue weighted by atomic mass is 10.2. The van der Waals surface area contributed by atoms with Gasteiger partial charge in [-0.2, -0.15) is 0 Å². The minimum absolute atomic E-state index is 0.117. The van der Waals surface area contributed by atoms with Crippen molar-refractivity contribution < 1.29 is 9.69 Å². The van der Waals surface area contributed by atoms with Gasteiger partial charge in [-0.05, 0) is 36.4 Å². The molecule has 0 saturated carbocycles. The van der Waals surface area contributed by atoms with Crippen LogP contribution in [0, 0.1) is 0 Å². The molecule has 2 aromatic carbocycles. The number of anilines is 2. The molecular formula is C23H25N4O+. The maximum Gasteiger partial charge on any atom is 0.255 e. The molecule has 5 nitrogen and oxygen atoms in total. The Hall–Kier alpha value is -3.18. The first-order valence-electron chi connectivity index (χ1n) is 9.72. The number of piperazine rings is 1. The molecule has 0 aliphatic carbocycles. The number of rotatable bonds is 5. The zero-order valence-electron chi connectivity index (χ0n) is 15.8. The standard InChI is InChI=1S/C23H24N4O/c28-23(20-10-12-24-13-11-20)25-21-6-8-22(9-7-21)27-16-14-26(15-17-27)18-19-4-2-1-3-5-19/h1-13H,14-18H2,(H,25,28)/p+1. The van der Waals surface area contributed by atoms with Gasteiger partial charge in [0.05, 0.1) is 26.2 Å². The van der Waals surface area contributed by atoms with Crippen molar-refractivity contribution in [2.75, 3.05) is 36.4 Å². The van der Waals surface area contributed by atoms with E-state index in [1.165, 1.54) is 11.3 Å². The second-order valence-corrected chi connectivity index (χ2v) is 7.14. The highest BCUT2D eigenvalue weighted by Gasteiger charge is 2.20. The van der Waals surface area contributed by atoms with Crippen molar-refractivity contribution in [1.29, 1.82) is 0 Å². The Labute approximate surface area is 165 Å². The van der Waals surface area contributed by atoms with Crippen molar-refractivity contribution in [3.63, 3.8) is 0 Å². The molecule has 3 aromatic rings. The van der Waals surface area contributed by atoms with E-state index >= 15 is 0 Å². The van der Waals surface area contributed by atoms with Crippen molar-refractivity contribution in [3.05, 3.63) is 90.3 Å². The number of pyridine rings is 1. The predicted octanol–water partition coefficient (Wildman–Crippen LogP) is 2.24. The van der Waals surface area contributed by atoms with Crippen molar-refractivity contribution in [1.82, 2.24) is 4.98 Å². The molecule has 2 N–H and O–H groups in total. The number of amides is 1. The van der Waals surface area contributed by atoms with Crippen LogP contribution in [0.5, 0.6) is 0 Å². The Morgan fingerprint density at radius 3 is 2.29 bits per heavy atom. The average Bonchev–Trinajstić information content (AvgIpc) is 2.76. The fourth-order valence-corrected chi connectivity index (χ4v) is 3.60. The first kappa shape index (κ1) is 18.2. The monoisotopic (exact) mass is 373 g/mol. The number of aromatic nitrogens is 1. The number of carbonyl (C=O) groups excluding carboxylic acids is 1. The van der Waals surface area contributed by atoms with Crippen molar-refractivity contribution >= 4 is 17.3 Å². The minimum Gasteiger partial charge on any atom is -0.360 e. The Morgan fingerprint density at radius 2 is 1.61 bits per heavy atom. The molecule has 28 heavy (non-hydrogen) atoms. The highest BCUT2D eigenvalue weighted by atomic mass is 16.1. The van der Waals surface area contributed by atoms with Crippen LogP contribution in [-0.2, 0) is 6.54 Å². The summed E-state index contributed by atoms with van der Waals surface area (Å²) < 4.78 is 0. The Kier molecular flexibility index (Phi) is 5.64. The lowest BCUT2D eigenvalue weighted by Crippen LogP contribution is -3.13. The van der Waals surface area contributed by atoms with Gasteiger partial charge in [-0.15, -0.1) is 0 Å². The van der Waals surface area contributed by atoms with E-state index in [0.717, 1.165) is 38.4 Å². The topological polar surface area (TPSA) is 49.7 Å². The molecule has 4 rings (SSSR count). The zero-order chi connectivity index (χ0) is 19.2. The van der Waals surface area contributed by atoms with Crippen LogP contribution < -0.4 is 15.1 Å². The quantitative estimate of drug-likeness (QED) is 0.721. The SMILES string of the molecule is O=C(Nc1ccc(N2CC[NH+](Cc3ccccc3)CC2)cc1)c1ccncc1. The summed E-state index contributed by atoms with van der Waals surface area (Å²) in [6.45, 7) is 5.45. The molecule has 0 atom stereocenters. The summed E-state index contributed by atoms with van der Waals surface area (Å²) in [5, 5.41) is 2.93. The first-order valence-corrected chi connectivity index (χ1v) is 9.72. The van der Waals surface area contributed by atoms with Crippen molar-refractivity contribution in [3.8, 4) is 0 Å². The molecule has 142 valence electrons. The summed E-state index contributed by atoms with van der Waals surface area (Å²) in [4.78, 5) is 20.2. The third kappa shape index (κ3) is 4.56. The molecule has 1 fully saturated rings. The van der Waals surface area contributed by atoms with Gasteiger partial charge >= 0.3 is 0 Å². The second kappa shape index (κ2) is 8.67. The minimum atomic E-state index is -0.117. The Bertz CT molecular complexity index is 889. The molecule has 1 aromatic heterocycles. The Morgan fingerprint density at radius 1 is 0.929 bits per heavy atom. The average molecular weight is 373 g/mol. The number of hydrogen-bond acceptors (Lipinski definition) is 3. The summed E-state index contributed by atoms with van der Waals surface area (Å²) >= 11 is 0. The number of carbonyl (C=O) groups is 1. The summed E-state index contributed by atoms with van der Waals surface area (Å²) in [7, 11) is 0. The van der Waals surface area contributed by atoms with Gasteiger partial charge in [0.25, 0.3) is 5.91 Å². The lowest BCUT2D eigenvalue weighted by Gasteiger charge is -2.33. The van der Waals surface area contributed by atoms with Crippen molar-refractivity contribution in [2.24, 2.45) is 0 Å². The number of benzene rings is 2. The summed E-state index contributed by atoms with van der Waals surface area (Å²) in [5.74, 6) is -0.117. The van der Waals surface area contributed by atoms with Crippen molar-refractivity contribution in [2.45, 2.75) is 6.54 Å². The smallest absolute Gasteiger partial charge is 0.255 e. The zero-order valence-corrected chi connectivity index (χ0v) is 15.8. The highest BCUT2D eigenvalue weighted by Crippen LogP contribution is 2.18. The van der Waals surface area contributed by atoms with Crippen LogP contribution in [0.25, 0.3) is 0 Å². The maximum atomic E-state index is 12.2. The molecule has 2 heterocycles. The van der Waals surface area contributed by atoms with E-state index in [-0.39, 0.29) is 5.91 Å².